The highest BCUT2D eigenvalue weighted by molar-refractivity contribution is 7.71. The Kier molecular flexibility index (Phi) is 2.64. The Morgan fingerprint density at radius 3 is 2.53 bits per heavy atom. The number of hydrogen-bond acceptors (Lipinski definition) is 3. The summed E-state index contributed by atoms with van der Waals surface area (Å²) in [5, 5.41) is 10.2. The van der Waals surface area contributed by atoms with Gasteiger partial charge in [0.15, 0.2) is 0 Å². The average molecular weight is 220 g/mol. The van der Waals surface area contributed by atoms with Gasteiger partial charge in [-0.15, -0.1) is 0 Å². The summed E-state index contributed by atoms with van der Waals surface area (Å²) in [6.07, 6.45) is 0. The number of benzene rings is 1. The SMILES string of the molecule is Cc1ccc(C(C)n2[nH]nnc2=S)cc1. The lowest BCUT2D eigenvalue weighted by Crippen LogP contribution is -2.08. The first-order chi connectivity index (χ1) is 7.18. The monoisotopic (exact) mass is 220 g/mol. The molecular weight excluding hydrogens is 208 g/mol. The zero-order valence-corrected chi connectivity index (χ0v) is 9.45. The van der Waals surface area contributed by atoms with Crippen LogP contribution in [0, 0.1) is 11.7 Å². The minimum Gasteiger partial charge on any atom is -0.235 e. The van der Waals surface area contributed by atoms with Crippen LogP contribution in [-0.4, -0.2) is 20.2 Å². The van der Waals surface area contributed by atoms with Gasteiger partial charge < -0.3 is 0 Å². The molecule has 1 atom stereocenters. The van der Waals surface area contributed by atoms with Gasteiger partial charge >= 0.3 is 0 Å². The number of nitrogens with one attached hydrogen (secondary N) is 1. The van der Waals surface area contributed by atoms with Crippen LogP contribution in [0.5, 0.6) is 0 Å². The fourth-order valence-electron chi connectivity index (χ4n) is 1.45. The zero-order valence-electron chi connectivity index (χ0n) is 8.64. The van der Waals surface area contributed by atoms with E-state index in [-0.39, 0.29) is 6.04 Å². The summed E-state index contributed by atoms with van der Waals surface area (Å²) in [6.45, 7) is 4.12. The summed E-state index contributed by atoms with van der Waals surface area (Å²) in [5.74, 6) is 0. The van der Waals surface area contributed by atoms with Gasteiger partial charge in [0, 0.05) is 0 Å². The van der Waals surface area contributed by atoms with E-state index < -0.39 is 0 Å². The molecule has 1 unspecified atom stereocenters. The zero-order chi connectivity index (χ0) is 10.8. The molecule has 1 N–H and O–H groups in total. The molecule has 0 aliphatic rings. The Morgan fingerprint density at radius 2 is 2.00 bits per heavy atom. The van der Waals surface area contributed by atoms with E-state index >= 15 is 0 Å². The fraction of sp³-hybridized carbons (Fsp3) is 0.300. The van der Waals surface area contributed by atoms with E-state index in [0.717, 1.165) is 0 Å². The van der Waals surface area contributed by atoms with Crippen LogP contribution in [0.3, 0.4) is 0 Å². The summed E-state index contributed by atoms with van der Waals surface area (Å²) in [5.41, 5.74) is 2.43. The van der Waals surface area contributed by atoms with Crippen molar-refractivity contribution >= 4 is 12.2 Å². The molecule has 2 rings (SSSR count). The fourth-order valence-corrected chi connectivity index (χ4v) is 1.69. The first-order valence-electron chi connectivity index (χ1n) is 4.74. The van der Waals surface area contributed by atoms with Crippen LogP contribution < -0.4 is 0 Å². The molecule has 2 aromatic rings. The minimum absolute atomic E-state index is 0.132. The third-order valence-electron chi connectivity index (χ3n) is 2.44. The van der Waals surface area contributed by atoms with Crippen molar-refractivity contribution in [2.45, 2.75) is 19.9 Å². The highest BCUT2D eigenvalue weighted by Crippen LogP contribution is 2.16. The highest BCUT2D eigenvalue weighted by atomic mass is 32.1. The molecule has 0 fully saturated rings. The molecular formula is C10H12N4S. The third-order valence-corrected chi connectivity index (χ3v) is 2.72. The average Bonchev–Trinajstić information content (AvgIpc) is 2.65. The van der Waals surface area contributed by atoms with Crippen LogP contribution in [-0.2, 0) is 0 Å². The van der Waals surface area contributed by atoms with Crippen LogP contribution >= 0.6 is 12.2 Å². The van der Waals surface area contributed by atoms with Crippen molar-refractivity contribution in [1.82, 2.24) is 20.2 Å². The molecule has 0 saturated heterocycles. The number of aromatic nitrogens is 4. The van der Waals surface area contributed by atoms with Gasteiger partial charge in [0.1, 0.15) is 0 Å². The van der Waals surface area contributed by atoms with Crippen molar-refractivity contribution in [2.75, 3.05) is 0 Å². The third kappa shape index (κ3) is 1.97. The van der Waals surface area contributed by atoms with Gasteiger partial charge in [-0.2, -0.15) is 5.21 Å². The maximum absolute atomic E-state index is 5.05. The Hall–Kier alpha value is -1.49. The van der Waals surface area contributed by atoms with Gasteiger partial charge in [0.05, 0.1) is 6.04 Å². The molecule has 0 radical (unpaired) electrons. The van der Waals surface area contributed by atoms with E-state index in [2.05, 4.69) is 53.6 Å². The second-order valence-electron chi connectivity index (χ2n) is 3.54. The van der Waals surface area contributed by atoms with Crippen LogP contribution in [0.2, 0.25) is 0 Å². The number of nitrogens with zero attached hydrogens (tertiary/aromatic N) is 3. The first kappa shape index (κ1) is 10.0. The van der Waals surface area contributed by atoms with Crippen LogP contribution in [0.25, 0.3) is 0 Å². The molecule has 1 aromatic carbocycles. The molecule has 1 heterocycles. The number of tetrazole rings is 1. The lowest BCUT2D eigenvalue weighted by atomic mass is 10.1. The summed E-state index contributed by atoms with van der Waals surface area (Å²) >= 11 is 5.05. The Bertz CT molecular complexity index is 497. The topological polar surface area (TPSA) is 46.5 Å². The van der Waals surface area contributed by atoms with E-state index in [1.165, 1.54) is 11.1 Å². The van der Waals surface area contributed by atoms with Crippen molar-refractivity contribution < 1.29 is 0 Å². The Morgan fingerprint density at radius 1 is 1.33 bits per heavy atom. The van der Waals surface area contributed by atoms with Gasteiger partial charge in [0.25, 0.3) is 0 Å². The molecule has 4 nitrogen and oxygen atoms in total. The quantitative estimate of drug-likeness (QED) is 0.790. The van der Waals surface area contributed by atoms with Gasteiger partial charge in [-0.1, -0.05) is 40.1 Å². The standard InChI is InChI=1S/C10H12N4S/c1-7-3-5-9(6-4-7)8(2)14-10(15)11-12-13-14/h3-6,8H,1-2H3,(H,11,13,15). The predicted octanol–water partition coefficient (Wildman–Crippen LogP) is 2.25. The largest absolute Gasteiger partial charge is 0.238 e. The van der Waals surface area contributed by atoms with Crippen molar-refractivity contribution in [3.63, 3.8) is 0 Å². The van der Waals surface area contributed by atoms with Gasteiger partial charge in [-0.3, -0.25) is 0 Å². The van der Waals surface area contributed by atoms with Gasteiger partial charge in [-0.25, -0.2) is 4.68 Å². The Balaban J connectivity index is 2.36. The second kappa shape index (κ2) is 3.94. The number of H-pyrrole nitrogens is 1. The number of rotatable bonds is 2. The maximum Gasteiger partial charge on any atom is 0.238 e. The molecule has 1 aromatic heterocycles. The molecule has 15 heavy (non-hydrogen) atoms. The maximum atomic E-state index is 5.05. The Labute approximate surface area is 92.9 Å². The van der Waals surface area contributed by atoms with Crippen molar-refractivity contribution in [1.29, 1.82) is 0 Å². The normalized spacial score (nSPS) is 12.7. The summed E-state index contributed by atoms with van der Waals surface area (Å²) < 4.78 is 2.24. The number of aryl methyl sites for hydroxylation is 1. The highest BCUT2D eigenvalue weighted by Gasteiger charge is 2.08. The minimum atomic E-state index is 0.132. The lowest BCUT2D eigenvalue weighted by Gasteiger charge is -2.11. The molecule has 0 bridgehead atoms. The molecule has 0 amide bonds. The number of hydrogen-bond donors (Lipinski definition) is 1. The number of aromatic amines is 1. The first-order valence-corrected chi connectivity index (χ1v) is 5.15. The smallest absolute Gasteiger partial charge is 0.235 e. The lowest BCUT2D eigenvalue weighted by molar-refractivity contribution is 0.537. The van der Waals surface area contributed by atoms with Crippen molar-refractivity contribution in [3.8, 4) is 0 Å². The van der Waals surface area contributed by atoms with Crippen LogP contribution in [0.15, 0.2) is 24.3 Å². The molecule has 5 heteroatoms. The summed E-state index contributed by atoms with van der Waals surface area (Å²) in [4.78, 5) is 0. The van der Waals surface area contributed by atoms with E-state index in [9.17, 15) is 0 Å². The van der Waals surface area contributed by atoms with E-state index in [1.807, 2.05) is 0 Å². The molecule has 78 valence electrons. The van der Waals surface area contributed by atoms with Crippen molar-refractivity contribution in [3.05, 3.63) is 40.2 Å². The summed E-state index contributed by atoms with van der Waals surface area (Å²) in [6, 6.07) is 8.47. The van der Waals surface area contributed by atoms with E-state index in [0.29, 0.717) is 4.77 Å². The predicted molar refractivity (Wildman–Crippen MR) is 60.2 cm³/mol. The van der Waals surface area contributed by atoms with Crippen LogP contribution in [0.4, 0.5) is 0 Å². The molecule has 0 aliphatic heterocycles. The summed E-state index contributed by atoms with van der Waals surface area (Å²) in [7, 11) is 0. The molecule has 0 saturated carbocycles. The van der Waals surface area contributed by atoms with Crippen LogP contribution in [0.1, 0.15) is 24.1 Å². The molecule has 0 spiro atoms. The van der Waals surface area contributed by atoms with Crippen molar-refractivity contribution in [2.24, 2.45) is 0 Å². The van der Waals surface area contributed by atoms with Gasteiger partial charge in [-0.05, 0) is 31.6 Å². The van der Waals surface area contributed by atoms with Gasteiger partial charge in [0.2, 0.25) is 4.77 Å². The van der Waals surface area contributed by atoms with E-state index in [1.54, 1.807) is 4.68 Å². The second-order valence-corrected chi connectivity index (χ2v) is 3.90. The molecule has 0 aliphatic carbocycles. The van der Waals surface area contributed by atoms with E-state index in [4.69, 9.17) is 12.2 Å².